The van der Waals surface area contributed by atoms with Crippen molar-refractivity contribution in [2.75, 3.05) is 0 Å². The van der Waals surface area contributed by atoms with Crippen molar-refractivity contribution in [2.24, 2.45) is 11.7 Å². The number of nitrogens with two attached hydrogens (primary N) is 1. The Kier molecular flexibility index (Phi) is 5.30. The minimum Gasteiger partial charge on any atom is -0.489 e. The Labute approximate surface area is 190 Å². The van der Waals surface area contributed by atoms with Gasteiger partial charge in [-0.1, -0.05) is 36.9 Å². The van der Waals surface area contributed by atoms with Gasteiger partial charge in [0.1, 0.15) is 17.9 Å². The maximum absolute atomic E-state index is 12.4. The molecule has 1 aliphatic carbocycles. The van der Waals surface area contributed by atoms with Gasteiger partial charge in [-0.15, -0.1) is 0 Å². The number of amides is 1. The smallest absolute Gasteiger partial charge is 0.254 e. The summed E-state index contributed by atoms with van der Waals surface area (Å²) in [6.45, 7) is 4.08. The number of primary amides is 1. The van der Waals surface area contributed by atoms with Gasteiger partial charge in [0.2, 0.25) is 0 Å². The molecule has 7 nitrogen and oxygen atoms in total. The molecule has 166 valence electrons. The van der Waals surface area contributed by atoms with Crippen molar-refractivity contribution in [3.8, 4) is 17.0 Å². The van der Waals surface area contributed by atoms with E-state index in [2.05, 4.69) is 16.7 Å². The second-order valence-corrected chi connectivity index (χ2v) is 8.24. The Bertz CT molecular complexity index is 1350. The van der Waals surface area contributed by atoms with Crippen LogP contribution in [0, 0.1) is 5.92 Å². The number of carbonyl (C=O) groups is 2. The van der Waals surface area contributed by atoms with Crippen LogP contribution in [0.15, 0.2) is 67.3 Å². The van der Waals surface area contributed by atoms with Gasteiger partial charge in [0, 0.05) is 17.9 Å². The molecular formula is C26H24N4O3. The summed E-state index contributed by atoms with van der Waals surface area (Å²) in [4.78, 5) is 29.2. The first-order valence-electron chi connectivity index (χ1n) is 10.9. The highest BCUT2D eigenvalue weighted by Crippen LogP contribution is 2.32. The van der Waals surface area contributed by atoms with E-state index in [-0.39, 0.29) is 11.7 Å². The molecule has 2 heterocycles. The Morgan fingerprint density at radius 2 is 1.94 bits per heavy atom. The zero-order valence-corrected chi connectivity index (χ0v) is 18.1. The Morgan fingerprint density at radius 1 is 1.18 bits per heavy atom. The Hall–Kier alpha value is -4.13. The number of nitrogens with one attached hydrogen (secondary N) is 1. The molecule has 0 aliphatic heterocycles. The molecular weight excluding hydrogens is 416 g/mol. The van der Waals surface area contributed by atoms with Crippen molar-refractivity contribution in [1.29, 1.82) is 0 Å². The fourth-order valence-corrected chi connectivity index (χ4v) is 4.43. The topological polar surface area (TPSA) is 102 Å². The van der Waals surface area contributed by atoms with Crippen LogP contribution in [0.25, 0.3) is 16.9 Å². The van der Waals surface area contributed by atoms with Crippen LogP contribution in [-0.2, 0) is 24.2 Å². The Morgan fingerprint density at radius 3 is 2.64 bits per heavy atom. The van der Waals surface area contributed by atoms with Crippen LogP contribution in [0.5, 0.6) is 5.75 Å². The average Bonchev–Trinajstić information content (AvgIpc) is 3.39. The molecule has 0 spiro atoms. The SMILES string of the molecule is C=CC(=O)C1CCc2nc3c(C(N)=O)c(-c4ccc(OCc5ccccc5)cc4)[nH]n3c2C1. The summed E-state index contributed by atoms with van der Waals surface area (Å²) < 4.78 is 7.66. The molecule has 0 bridgehead atoms. The zero-order chi connectivity index (χ0) is 22.9. The molecule has 4 aromatic rings. The molecule has 1 unspecified atom stereocenters. The standard InChI is InChI=1S/C26H24N4O3/c1-2-22(31)18-10-13-20-21(14-18)30-26(28-20)23(25(27)32)24(29-30)17-8-11-19(12-9-17)33-15-16-6-4-3-5-7-16/h2-9,11-12,18,29H,1,10,13-15H2,(H2,27,32). The number of imidazole rings is 1. The zero-order valence-electron chi connectivity index (χ0n) is 18.1. The van der Waals surface area contributed by atoms with Crippen LogP contribution in [0.3, 0.4) is 0 Å². The molecule has 3 N–H and O–H groups in total. The first-order valence-corrected chi connectivity index (χ1v) is 10.9. The van der Waals surface area contributed by atoms with Gasteiger partial charge in [0.25, 0.3) is 5.91 Å². The highest BCUT2D eigenvalue weighted by atomic mass is 16.5. The molecule has 0 fully saturated rings. The summed E-state index contributed by atoms with van der Waals surface area (Å²) in [6.07, 6.45) is 3.33. The molecule has 0 radical (unpaired) electrons. The third-order valence-electron chi connectivity index (χ3n) is 6.16. The van der Waals surface area contributed by atoms with Gasteiger partial charge in [-0.2, -0.15) is 0 Å². The number of allylic oxidation sites excluding steroid dienone is 1. The van der Waals surface area contributed by atoms with Crippen molar-refractivity contribution in [3.05, 3.63) is 89.8 Å². The van der Waals surface area contributed by atoms with Gasteiger partial charge in [-0.05, 0) is 48.7 Å². The van der Waals surface area contributed by atoms with Crippen LogP contribution >= 0.6 is 0 Å². The van der Waals surface area contributed by atoms with E-state index < -0.39 is 5.91 Å². The van der Waals surface area contributed by atoms with E-state index in [1.54, 1.807) is 4.52 Å². The molecule has 33 heavy (non-hydrogen) atoms. The number of ketones is 1. The number of benzene rings is 2. The van der Waals surface area contributed by atoms with E-state index in [1.807, 2.05) is 54.6 Å². The molecule has 1 amide bonds. The van der Waals surface area contributed by atoms with E-state index in [9.17, 15) is 9.59 Å². The lowest BCUT2D eigenvalue weighted by atomic mass is 9.87. The van der Waals surface area contributed by atoms with E-state index >= 15 is 0 Å². The molecule has 7 heteroatoms. The normalized spacial score (nSPS) is 15.2. The van der Waals surface area contributed by atoms with Crippen molar-refractivity contribution in [2.45, 2.75) is 25.9 Å². The lowest BCUT2D eigenvalue weighted by molar-refractivity contribution is -0.118. The largest absolute Gasteiger partial charge is 0.489 e. The van der Waals surface area contributed by atoms with E-state index in [0.29, 0.717) is 36.4 Å². The predicted molar refractivity (Wildman–Crippen MR) is 125 cm³/mol. The number of fused-ring (bicyclic) bond motifs is 3. The van der Waals surface area contributed by atoms with Crippen molar-refractivity contribution < 1.29 is 14.3 Å². The summed E-state index contributed by atoms with van der Waals surface area (Å²) in [5.41, 5.74) is 10.9. The monoisotopic (exact) mass is 440 g/mol. The summed E-state index contributed by atoms with van der Waals surface area (Å²) in [5, 5.41) is 3.30. The number of aromatic nitrogens is 3. The summed E-state index contributed by atoms with van der Waals surface area (Å²) in [5.74, 6) is 0.0766. The lowest BCUT2D eigenvalue weighted by Crippen LogP contribution is -2.22. The van der Waals surface area contributed by atoms with Crippen LogP contribution in [0.4, 0.5) is 0 Å². The number of aromatic amines is 1. The summed E-state index contributed by atoms with van der Waals surface area (Å²) in [6, 6.07) is 17.4. The molecule has 5 rings (SSSR count). The van der Waals surface area contributed by atoms with Crippen molar-refractivity contribution in [3.63, 3.8) is 0 Å². The number of nitrogens with zero attached hydrogens (tertiary/aromatic N) is 2. The van der Waals surface area contributed by atoms with Gasteiger partial charge >= 0.3 is 0 Å². The van der Waals surface area contributed by atoms with Gasteiger partial charge in [0.05, 0.1) is 17.1 Å². The number of aryl methyl sites for hydroxylation is 1. The Balaban J connectivity index is 1.46. The fourth-order valence-electron chi connectivity index (χ4n) is 4.43. The van der Waals surface area contributed by atoms with Gasteiger partial charge < -0.3 is 10.5 Å². The molecule has 0 saturated heterocycles. The van der Waals surface area contributed by atoms with E-state index in [0.717, 1.165) is 34.7 Å². The lowest BCUT2D eigenvalue weighted by Gasteiger charge is -2.19. The first-order chi connectivity index (χ1) is 16.0. The highest BCUT2D eigenvalue weighted by molar-refractivity contribution is 6.05. The number of hydrogen-bond acceptors (Lipinski definition) is 4. The molecule has 1 aliphatic rings. The predicted octanol–water partition coefficient (Wildman–Crippen LogP) is 3.87. The fraction of sp³-hybridized carbons (Fsp3) is 0.192. The third kappa shape index (κ3) is 3.82. The van der Waals surface area contributed by atoms with Crippen molar-refractivity contribution in [1.82, 2.24) is 14.6 Å². The number of rotatable bonds is 7. The summed E-state index contributed by atoms with van der Waals surface area (Å²) in [7, 11) is 0. The molecule has 1 atom stereocenters. The molecule has 0 saturated carbocycles. The van der Waals surface area contributed by atoms with Gasteiger partial charge in [-0.25, -0.2) is 9.50 Å². The van der Waals surface area contributed by atoms with Gasteiger partial charge in [0.15, 0.2) is 11.4 Å². The summed E-state index contributed by atoms with van der Waals surface area (Å²) >= 11 is 0. The van der Waals surface area contributed by atoms with Crippen LogP contribution in [0.1, 0.15) is 33.7 Å². The van der Waals surface area contributed by atoms with E-state index in [4.69, 9.17) is 10.5 Å². The van der Waals surface area contributed by atoms with Crippen molar-refractivity contribution >= 4 is 17.3 Å². The maximum Gasteiger partial charge on any atom is 0.254 e. The van der Waals surface area contributed by atoms with Crippen LogP contribution in [-0.4, -0.2) is 26.3 Å². The molecule has 2 aromatic carbocycles. The third-order valence-corrected chi connectivity index (χ3v) is 6.16. The second-order valence-electron chi connectivity index (χ2n) is 8.24. The minimum atomic E-state index is -0.554. The number of H-pyrrole nitrogens is 1. The minimum absolute atomic E-state index is 0.0311. The quantitative estimate of drug-likeness (QED) is 0.426. The van der Waals surface area contributed by atoms with Crippen LogP contribution < -0.4 is 10.5 Å². The number of carbonyl (C=O) groups excluding carboxylic acids is 2. The number of hydrogen-bond donors (Lipinski definition) is 2. The molecule has 2 aromatic heterocycles. The van der Waals surface area contributed by atoms with Gasteiger partial charge in [-0.3, -0.25) is 14.7 Å². The maximum atomic E-state index is 12.4. The van der Waals surface area contributed by atoms with Crippen LogP contribution in [0.2, 0.25) is 0 Å². The average molecular weight is 441 g/mol. The second kappa shape index (κ2) is 8.43. The first kappa shape index (κ1) is 20.8. The number of ether oxygens (including phenoxy) is 1. The highest BCUT2D eigenvalue weighted by Gasteiger charge is 2.30. The van der Waals surface area contributed by atoms with E-state index in [1.165, 1.54) is 6.08 Å².